The predicted molar refractivity (Wildman–Crippen MR) is 62.1 cm³/mol. The van der Waals surface area contributed by atoms with E-state index in [-0.39, 0.29) is 18.3 Å². The number of benzene rings is 1. The highest BCUT2D eigenvalue weighted by atomic mass is 16.5. The van der Waals surface area contributed by atoms with Crippen LogP contribution in [0.25, 0.3) is 0 Å². The molecule has 0 aliphatic rings. The Morgan fingerprint density at radius 3 is 2.62 bits per heavy atom. The molecule has 16 heavy (non-hydrogen) atoms. The summed E-state index contributed by atoms with van der Waals surface area (Å²) in [7, 11) is 1.52. The molecule has 0 amide bonds. The van der Waals surface area contributed by atoms with Crippen LogP contribution < -0.4 is 0 Å². The summed E-state index contributed by atoms with van der Waals surface area (Å²) in [6.07, 6.45) is 0. The van der Waals surface area contributed by atoms with Gasteiger partial charge in [0.2, 0.25) is 0 Å². The Hall–Kier alpha value is -1.19. The second kappa shape index (κ2) is 7.14. The number of ether oxygens (including phenoxy) is 2. The molecule has 0 aliphatic carbocycles. The van der Waals surface area contributed by atoms with Gasteiger partial charge in [0.25, 0.3) is 0 Å². The van der Waals surface area contributed by atoms with Crippen molar-refractivity contribution in [3.63, 3.8) is 0 Å². The zero-order chi connectivity index (χ0) is 11.8. The van der Waals surface area contributed by atoms with Crippen molar-refractivity contribution < 1.29 is 14.3 Å². The van der Waals surface area contributed by atoms with E-state index in [9.17, 15) is 4.79 Å². The minimum absolute atomic E-state index is 0.0792. The number of Topliss-reactive ketones (excluding diaryl/α,β-unsaturated/α-hetero) is 1. The first-order valence-corrected chi connectivity index (χ1v) is 5.37. The average molecular weight is 222 g/mol. The second-order valence-corrected chi connectivity index (χ2v) is 3.80. The fourth-order valence-electron chi connectivity index (χ4n) is 1.31. The molecule has 0 aliphatic heterocycles. The minimum Gasteiger partial charge on any atom is -0.377 e. The summed E-state index contributed by atoms with van der Waals surface area (Å²) in [6.45, 7) is 3.00. The average Bonchev–Trinajstić information content (AvgIpc) is 2.30. The fraction of sp³-hybridized carbons (Fsp3) is 0.462. The van der Waals surface area contributed by atoms with E-state index >= 15 is 0 Å². The standard InChI is InChI=1S/C13H18O3/c1-11(13(14)10-15-2)8-16-9-12-6-4-3-5-7-12/h3-7,11H,8-10H2,1-2H3/t11-/m1/s1. The lowest BCUT2D eigenvalue weighted by Gasteiger charge is -2.10. The third-order valence-electron chi connectivity index (χ3n) is 2.32. The number of hydrogen-bond acceptors (Lipinski definition) is 3. The molecule has 0 heterocycles. The number of carbonyl (C=O) groups excluding carboxylic acids is 1. The van der Waals surface area contributed by atoms with Gasteiger partial charge in [-0.15, -0.1) is 0 Å². The lowest BCUT2D eigenvalue weighted by atomic mass is 10.1. The second-order valence-electron chi connectivity index (χ2n) is 3.80. The van der Waals surface area contributed by atoms with Crippen LogP contribution >= 0.6 is 0 Å². The predicted octanol–water partition coefficient (Wildman–Crippen LogP) is 2.05. The van der Waals surface area contributed by atoms with E-state index < -0.39 is 0 Å². The Morgan fingerprint density at radius 1 is 1.31 bits per heavy atom. The van der Waals surface area contributed by atoms with Crippen LogP contribution in [0.5, 0.6) is 0 Å². The third kappa shape index (κ3) is 4.55. The molecule has 0 fully saturated rings. The molecule has 88 valence electrons. The fourth-order valence-corrected chi connectivity index (χ4v) is 1.31. The molecule has 0 aromatic heterocycles. The van der Waals surface area contributed by atoms with Crippen LogP contribution in [0.3, 0.4) is 0 Å². The highest BCUT2D eigenvalue weighted by molar-refractivity contribution is 5.81. The normalized spacial score (nSPS) is 12.4. The lowest BCUT2D eigenvalue weighted by Crippen LogP contribution is -2.21. The van der Waals surface area contributed by atoms with Gasteiger partial charge < -0.3 is 9.47 Å². The molecule has 3 nitrogen and oxygen atoms in total. The maximum Gasteiger partial charge on any atom is 0.163 e. The maximum absolute atomic E-state index is 11.4. The van der Waals surface area contributed by atoms with E-state index in [1.807, 2.05) is 37.3 Å². The van der Waals surface area contributed by atoms with Gasteiger partial charge in [0.1, 0.15) is 6.61 Å². The van der Waals surface area contributed by atoms with Crippen LogP contribution in [0.15, 0.2) is 30.3 Å². The number of rotatable bonds is 7. The van der Waals surface area contributed by atoms with E-state index in [1.165, 1.54) is 7.11 Å². The van der Waals surface area contributed by atoms with E-state index in [1.54, 1.807) is 0 Å². The van der Waals surface area contributed by atoms with E-state index in [0.29, 0.717) is 13.2 Å². The van der Waals surface area contributed by atoms with Crippen molar-refractivity contribution in [2.75, 3.05) is 20.3 Å². The van der Waals surface area contributed by atoms with Crippen LogP contribution in [-0.2, 0) is 20.9 Å². The first kappa shape index (κ1) is 12.9. The van der Waals surface area contributed by atoms with Crippen molar-refractivity contribution in [3.8, 4) is 0 Å². The number of hydrogen-bond donors (Lipinski definition) is 0. The highest BCUT2D eigenvalue weighted by Gasteiger charge is 2.12. The van der Waals surface area contributed by atoms with Crippen LogP contribution in [0.2, 0.25) is 0 Å². The zero-order valence-electron chi connectivity index (χ0n) is 9.81. The molecule has 1 aromatic carbocycles. The molecule has 0 N–H and O–H groups in total. The van der Waals surface area contributed by atoms with Gasteiger partial charge in [-0.2, -0.15) is 0 Å². The Labute approximate surface area is 96.4 Å². The van der Waals surface area contributed by atoms with E-state index in [4.69, 9.17) is 9.47 Å². The molecule has 1 aromatic rings. The molecule has 1 rings (SSSR count). The van der Waals surface area contributed by atoms with Gasteiger partial charge in [-0.3, -0.25) is 4.79 Å². The Morgan fingerprint density at radius 2 is 2.00 bits per heavy atom. The van der Waals surface area contributed by atoms with Gasteiger partial charge in [-0.1, -0.05) is 37.3 Å². The van der Waals surface area contributed by atoms with Crippen molar-refractivity contribution >= 4 is 5.78 Å². The summed E-state index contributed by atoms with van der Waals surface area (Å²) < 4.78 is 10.3. The smallest absolute Gasteiger partial charge is 0.163 e. The summed E-state index contributed by atoms with van der Waals surface area (Å²) in [5, 5.41) is 0. The van der Waals surface area contributed by atoms with Crippen molar-refractivity contribution in [2.24, 2.45) is 5.92 Å². The summed E-state index contributed by atoms with van der Waals surface area (Å²) in [4.78, 5) is 11.4. The quantitative estimate of drug-likeness (QED) is 0.708. The van der Waals surface area contributed by atoms with Crippen LogP contribution in [-0.4, -0.2) is 26.1 Å². The van der Waals surface area contributed by atoms with Gasteiger partial charge in [0, 0.05) is 13.0 Å². The molecule has 3 heteroatoms. The first-order chi connectivity index (χ1) is 7.74. The molecule has 0 saturated heterocycles. The summed E-state index contributed by atoms with van der Waals surface area (Å²) in [5.41, 5.74) is 1.12. The first-order valence-electron chi connectivity index (χ1n) is 5.37. The SMILES string of the molecule is COCC(=O)[C@H](C)COCc1ccccc1. The van der Waals surface area contributed by atoms with Crippen molar-refractivity contribution in [1.29, 1.82) is 0 Å². The monoisotopic (exact) mass is 222 g/mol. The molecule has 0 radical (unpaired) electrons. The third-order valence-corrected chi connectivity index (χ3v) is 2.32. The van der Waals surface area contributed by atoms with Crippen molar-refractivity contribution in [1.82, 2.24) is 0 Å². The Balaban J connectivity index is 2.23. The number of ketones is 1. The molecule has 1 atom stereocenters. The van der Waals surface area contributed by atoms with Crippen molar-refractivity contribution in [2.45, 2.75) is 13.5 Å². The van der Waals surface area contributed by atoms with Gasteiger partial charge in [-0.05, 0) is 5.56 Å². The van der Waals surface area contributed by atoms with E-state index in [0.717, 1.165) is 5.56 Å². The largest absolute Gasteiger partial charge is 0.377 e. The van der Waals surface area contributed by atoms with Crippen LogP contribution in [0, 0.1) is 5.92 Å². The van der Waals surface area contributed by atoms with Gasteiger partial charge in [0.05, 0.1) is 13.2 Å². The van der Waals surface area contributed by atoms with Gasteiger partial charge >= 0.3 is 0 Å². The summed E-state index contributed by atoms with van der Waals surface area (Å²) in [5.74, 6) is -0.0285. The van der Waals surface area contributed by atoms with Crippen LogP contribution in [0.4, 0.5) is 0 Å². The van der Waals surface area contributed by atoms with Crippen LogP contribution in [0.1, 0.15) is 12.5 Å². The topological polar surface area (TPSA) is 35.5 Å². The molecule has 0 bridgehead atoms. The van der Waals surface area contributed by atoms with Gasteiger partial charge in [0.15, 0.2) is 5.78 Å². The Bertz CT molecular complexity index is 308. The van der Waals surface area contributed by atoms with Crippen molar-refractivity contribution in [3.05, 3.63) is 35.9 Å². The molecular formula is C13H18O3. The number of carbonyl (C=O) groups is 1. The number of methoxy groups -OCH3 is 1. The zero-order valence-corrected chi connectivity index (χ0v) is 9.81. The van der Waals surface area contributed by atoms with E-state index in [2.05, 4.69) is 0 Å². The molecule has 0 unspecified atom stereocenters. The summed E-state index contributed by atoms with van der Waals surface area (Å²) in [6, 6.07) is 9.91. The Kier molecular flexibility index (Phi) is 5.75. The highest BCUT2D eigenvalue weighted by Crippen LogP contribution is 2.04. The van der Waals surface area contributed by atoms with Gasteiger partial charge in [-0.25, -0.2) is 0 Å². The molecular weight excluding hydrogens is 204 g/mol. The molecule has 0 saturated carbocycles. The summed E-state index contributed by atoms with van der Waals surface area (Å²) >= 11 is 0. The minimum atomic E-state index is -0.108. The lowest BCUT2D eigenvalue weighted by molar-refractivity contribution is -0.128. The maximum atomic E-state index is 11.4. The molecule has 0 spiro atoms.